The Morgan fingerprint density at radius 2 is 1.79 bits per heavy atom. The third-order valence-electron chi connectivity index (χ3n) is 4.83. The zero-order valence-electron chi connectivity index (χ0n) is 16.9. The number of likely N-dealkylation sites (N-methyl/N-ethyl adjacent to an activating group) is 1. The normalized spacial score (nSPS) is 10.8. The number of hydrogen-bond acceptors (Lipinski definition) is 4. The molecule has 29 heavy (non-hydrogen) atoms. The van der Waals surface area contributed by atoms with Crippen LogP contribution in [0.2, 0.25) is 0 Å². The van der Waals surface area contributed by atoms with Gasteiger partial charge >= 0.3 is 0 Å². The number of carbonyl (C=O) groups excluding carboxylic acids is 1. The van der Waals surface area contributed by atoms with E-state index in [1.807, 2.05) is 60.9 Å². The molecule has 0 aliphatic carbocycles. The van der Waals surface area contributed by atoms with Gasteiger partial charge in [0.2, 0.25) is 5.91 Å². The first-order valence-corrected chi connectivity index (χ1v) is 10.1. The van der Waals surface area contributed by atoms with Gasteiger partial charge in [-0.1, -0.05) is 24.3 Å². The molecule has 5 nitrogen and oxygen atoms in total. The van der Waals surface area contributed by atoms with Crippen molar-refractivity contribution in [3.05, 3.63) is 78.9 Å². The predicted octanol–water partition coefficient (Wildman–Crippen LogP) is 4.43. The molecule has 1 amide bonds. The van der Waals surface area contributed by atoms with Crippen LogP contribution in [0.3, 0.4) is 0 Å². The maximum atomic E-state index is 12.2. The van der Waals surface area contributed by atoms with Crippen molar-refractivity contribution in [3.8, 4) is 11.1 Å². The minimum atomic E-state index is 0.0651. The zero-order chi connectivity index (χ0) is 20.3. The molecule has 0 saturated heterocycles. The molecule has 0 atom stereocenters. The topological polar surface area (TPSA) is 58.1 Å². The van der Waals surface area contributed by atoms with E-state index in [0.717, 1.165) is 54.9 Å². The fourth-order valence-electron chi connectivity index (χ4n) is 3.13. The highest BCUT2D eigenvalue weighted by Gasteiger charge is 2.05. The van der Waals surface area contributed by atoms with Crippen LogP contribution in [0.25, 0.3) is 11.1 Å². The Kier molecular flexibility index (Phi) is 7.90. The summed E-state index contributed by atoms with van der Waals surface area (Å²) in [4.78, 5) is 23.0. The van der Waals surface area contributed by atoms with E-state index in [9.17, 15) is 4.79 Å². The van der Waals surface area contributed by atoms with Crippen molar-refractivity contribution in [2.24, 2.45) is 0 Å². The number of amides is 1. The number of nitrogens with one attached hydrogen (secondary N) is 1. The second-order valence-corrected chi connectivity index (χ2v) is 7.20. The van der Waals surface area contributed by atoms with Crippen LogP contribution in [0.15, 0.2) is 73.2 Å². The summed E-state index contributed by atoms with van der Waals surface area (Å²) < 4.78 is 0. The van der Waals surface area contributed by atoms with E-state index in [0.29, 0.717) is 6.42 Å². The van der Waals surface area contributed by atoms with Crippen molar-refractivity contribution >= 4 is 11.6 Å². The summed E-state index contributed by atoms with van der Waals surface area (Å²) >= 11 is 0. The SMILES string of the molecule is CN(CCCCC(=O)Nc1ccc(-c2cccnc2)cc1)CCc1ccccn1. The number of nitrogens with zero attached hydrogens (tertiary/aromatic N) is 3. The molecular weight excluding hydrogens is 360 g/mol. The molecule has 0 aliphatic heterocycles. The van der Waals surface area contributed by atoms with Crippen molar-refractivity contribution in [2.75, 3.05) is 25.5 Å². The Morgan fingerprint density at radius 1 is 0.931 bits per heavy atom. The van der Waals surface area contributed by atoms with Crippen LogP contribution in [0.4, 0.5) is 5.69 Å². The molecule has 150 valence electrons. The quantitative estimate of drug-likeness (QED) is 0.522. The van der Waals surface area contributed by atoms with Crippen LogP contribution in [0.5, 0.6) is 0 Å². The van der Waals surface area contributed by atoms with E-state index in [2.05, 4.69) is 33.3 Å². The van der Waals surface area contributed by atoms with Gasteiger partial charge in [0.25, 0.3) is 0 Å². The van der Waals surface area contributed by atoms with E-state index >= 15 is 0 Å². The molecule has 0 radical (unpaired) electrons. The molecule has 0 unspecified atom stereocenters. The molecule has 1 aromatic carbocycles. The first-order valence-electron chi connectivity index (χ1n) is 10.1. The highest BCUT2D eigenvalue weighted by atomic mass is 16.1. The lowest BCUT2D eigenvalue weighted by atomic mass is 10.1. The number of aromatic nitrogens is 2. The maximum Gasteiger partial charge on any atom is 0.224 e. The number of hydrogen-bond donors (Lipinski definition) is 1. The van der Waals surface area contributed by atoms with Crippen molar-refractivity contribution < 1.29 is 4.79 Å². The van der Waals surface area contributed by atoms with Gasteiger partial charge < -0.3 is 10.2 Å². The van der Waals surface area contributed by atoms with Crippen LogP contribution in [0, 0.1) is 0 Å². The number of unbranched alkanes of at least 4 members (excludes halogenated alkanes) is 1. The van der Waals surface area contributed by atoms with Crippen molar-refractivity contribution in [1.82, 2.24) is 14.9 Å². The molecular formula is C24H28N4O. The summed E-state index contributed by atoms with van der Waals surface area (Å²) in [6, 6.07) is 17.8. The van der Waals surface area contributed by atoms with Crippen molar-refractivity contribution in [3.63, 3.8) is 0 Å². The minimum absolute atomic E-state index is 0.0651. The second kappa shape index (κ2) is 11.1. The number of anilines is 1. The Balaban J connectivity index is 1.32. The van der Waals surface area contributed by atoms with Crippen molar-refractivity contribution in [2.45, 2.75) is 25.7 Å². The molecule has 2 aromatic heterocycles. The fraction of sp³-hybridized carbons (Fsp3) is 0.292. The van der Waals surface area contributed by atoms with E-state index in [-0.39, 0.29) is 5.91 Å². The molecule has 0 spiro atoms. The predicted molar refractivity (Wildman–Crippen MR) is 118 cm³/mol. The van der Waals surface area contributed by atoms with E-state index in [1.165, 1.54) is 0 Å². The van der Waals surface area contributed by atoms with Crippen LogP contribution in [-0.4, -0.2) is 40.9 Å². The Bertz CT molecular complexity index is 866. The Labute approximate surface area is 172 Å². The van der Waals surface area contributed by atoms with E-state index in [1.54, 1.807) is 6.20 Å². The van der Waals surface area contributed by atoms with Gasteiger partial charge in [0, 0.05) is 49.4 Å². The number of pyridine rings is 2. The largest absolute Gasteiger partial charge is 0.326 e. The van der Waals surface area contributed by atoms with Gasteiger partial charge in [-0.05, 0) is 67.9 Å². The van der Waals surface area contributed by atoms with Gasteiger partial charge in [-0.25, -0.2) is 0 Å². The summed E-state index contributed by atoms with van der Waals surface area (Å²) in [5, 5.41) is 2.98. The van der Waals surface area contributed by atoms with Gasteiger partial charge in [0.15, 0.2) is 0 Å². The van der Waals surface area contributed by atoms with Gasteiger partial charge in [0.1, 0.15) is 0 Å². The molecule has 5 heteroatoms. The van der Waals surface area contributed by atoms with Crippen molar-refractivity contribution in [1.29, 1.82) is 0 Å². The fourth-order valence-corrected chi connectivity index (χ4v) is 3.13. The smallest absolute Gasteiger partial charge is 0.224 e. The molecule has 2 heterocycles. The van der Waals surface area contributed by atoms with Gasteiger partial charge in [-0.15, -0.1) is 0 Å². The third kappa shape index (κ3) is 7.12. The Morgan fingerprint density at radius 3 is 2.52 bits per heavy atom. The Hall–Kier alpha value is -3.05. The van der Waals surface area contributed by atoms with Crippen LogP contribution >= 0.6 is 0 Å². The van der Waals surface area contributed by atoms with Gasteiger partial charge in [0.05, 0.1) is 0 Å². The minimum Gasteiger partial charge on any atom is -0.326 e. The second-order valence-electron chi connectivity index (χ2n) is 7.20. The lowest BCUT2D eigenvalue weighted by Crippen LogP contribution is -2.23. The van der Waals surface area contributed by atoms with Gasteiger partial charge in [-0.3, -0.25) is 14.8 Å². The number of carbonyl (C=O) groups is 1. The maximum absolute atomic E-state index is 12.2. The standard InChI is InChI=1S/C24H28N4O/c1-28(18-14-22-8-2-4-16-26-22)17-5-3-9-24(29)27-23-12-10-20(11-13-23)21-7-6-15-25-19-21/h2,4,6-8,10-13,15-16,19H,3,5,9,14,17-18H2,1H3,(H,27,29). The van der Waals surface area contributed by atoms with Gasteiger partial charge in [-0.2, -0.15) is 0 Å². The summed E-state index contributed by atoms with van der Waals surface area (Å²) in [6.45, 7) is 1.96. The van der Waals surface area contributed by atoms with E-state index in [4.69, 9.17) is 0 Å². The molecule has 1 N–H and O–H groups in total. The number of benzene rings is 1. The average Bonchev–Trinajstić information content (AvgIpc) is 2.77. The average molecular weight is 389 g/mol. The van der Waals surface area contributed by atoms with Crippen LogP contribution < -0.4 is 5.32 Å². The van der Waals surface area contributed by atoms with Crippen LogP contribution in [-0.2, 0) is 11.2 Å². The monoisotopic (exact) mass is 388 g/mol. The summed E-state index contributed by atoms with van der Waals surface area (Å²) in [6.07, 6.45) is 8.81. The third-order valence-corrected chi connectivity index (χ3v) is 4.83. The first-order chi connectivity index (χ1) is 14.2. The lowest BCUT2D eigenvalue weighted by molar-refractivity contribution is -0.116. The van der Waals surface area contributed by atoms with Crippen LogP contribution in [0.1, 0.15) is 25.0 Å². The summed E-state index contributed by atoms with van der Waals surface area (Å²) in [5.74, 6) is 0.0651. The van der Waals surface area contributed by atoms with E-state index < -0.39 is 0 Å². The molecule has 0 bridgehead atoms. The molecule has 0 fully saturated rings. The molecule has 3 aromatic rings. The lowest BCUT2D eigenvalue weighted by Gasteiger charge is -2.16. The summed E-state index contributed by atoms with van der Waals surface area (Å²) in [5.41, 5.74) is 4.10. The summed E-state index contributed by atoms with van der Waals surface area (Å²) in [7, 11) is 2.12. The highest BCUT2D eigenvalue weighted by Crippen LogP contribution is 2.20. The molecule has 0 aliphatic rings. The molecule has 0 saturated carbocycles. The zero-order valence-corrected chi connectivity index (χ0v) is 16.9. The highest BCUT2D eigenvalue weighted by molar-refractivity contribution is 5.90. The molecule has 3 rings (SSSR count). The first kappa shape index (κ1) is 20.7. The number of rotatable bonds is 10.